The fourth-order valence-corrected chi connectivity index (χ4v) is 2.79. The molecule has 1 aromatic carbocycles. The third kappa shape index (κ3) is 3.69. The van der Waals surface area contributed by atoms with Gasteiger partial charge < -0.3 is 16.2 Å². The number of nitrogens with zero attached hydrogens (tertiary/aromatic N) is 1. The number of thiazole rings is 1. The second kappa shape index (κ2) is 6.09. The van der Waals surface area contributed by atoms with Crippen molar-refractivity contribution in [3.8, 4) is 0 Å². The van der Waals surface area contributed by atoms with Gasteiger partial charge in [0.15, 0.2) is 5.13 Å². The first kappa shape index (κ1) is 15.2. The predicted octanol–water partition coefficient (Wildman–Crippen LogP) is 2.11. The van der Waals surface area contributed by atoms with Gasteiger partial charge in [-0.15, -0.1) is 0 Å². The monoisotopic (exact) mass is 307 g/mol. The number of nitrogens with one attached hydrogen (secondary N) is 1. The van der Waals surface area contributed by atoms with Crippen LogP contribution in [0.25, 0.3) is 10.2 Å². The number of aromatic nitrogens is 1. The van der Waals surface area contributed by atoms with Crippen LogP contribution in [-0.4, -0.2) is 28.0 Å². The van der Waals surface area contributed by atoms with Crippen LogP contribution in [0.4, 0.5) is 5.13 Å². The summed E-state index contributed by atoms with van der Waals surface area (Å²) in [4.78, 5) is 27.5. The van der Waals surface area contributed by atoms with Crippen molar-refractivity contribution < 1.29 is 14.7 Å². The minimum atomic E-state index is -1.03. The molecule has 1 atom stereocenters. The van der Waals surface area contributed by atoms with Gasteiger partial charge in [-0.2, -0.15) is 0 Å². The lowest BCUT2D eigenvalue weighted by molar-refractivity contribution is -0.139. The third-order valence-corrected chi connectivity index (χ3v) is 3.83. The summed E-state index contributed by atoms with van der Waals surface area (Å²) in [5.74, 6) is -1.26. The van der Waals surface area contributed by atoms with Gasteiger partial charge in [0.05, 0.1) is 10.2 Å². The van der Waals surface area contributed by atoms with Crippen LogP contribution in [0.3, 0.4) is 0 Å². The Bertz CT molecular complexity index is 681. The molecule has 0 aliphatic heterocycles. The molecule has 0 spiro atoms. The van der Waals surface area contributed by atoms with Crippen molar-refractivity contribution in [1.29, 1.82) is 0 Å². The molecule has 1 unspecified atom stereocenters. The summed E-state index contributed by atoms with van der Waals surface area (Å²) < 4.78 is 0.802. The Labute approximate surface area is 126 Å². The van der Waals surface area contributed by atoms with Crippen molar-refractivity contribution in [3.05, 3.63) is 23.8 Å². The summed E-state index contributed by atoms with van der Waals surface area (Å²) in [5, 5.41) is 12.1. The van der Waals surface area contributed by atoms with E-state index >= 15 is 0 Å². The standard InChI is InChI=1S/C14H17N3O3S/c1-7(2)5-10(13(19)20)16-12(18)8-3-4-9-11(6-8)21-14(15)17-9/h3-4,6-7,10H,5H2,1-2H3,(H2,15,17)(H,16,18)(H,19,20). The number of hydrogen-bond acceptors (Lipinski definition) is 5. The maximum atomic E-state index is 12.2. The Kier molecular flexibility index (Phi) is 4.42. The molecular formula is C14H17N3O3S. The van der Waals surface area contributed by atoms with E-state index in [0.29, 0.717) is 17.1 Å². The van der Waals surface area contributed by atoms with Crippen LogP contribution >= 0.6 is 11.3 Å². The predicted molar refractivity (Wildman–Crippen MR) is 82.4 cm³/mol. The van der Waals surface area contributed by atoms with Crippen LogP contribution in [0.5, 0.6) is 0 Å². The zero-order valence-corrected chi connectivity index (χ0v) is 12.6. The molecule has 112 valence electrons. The maximum Gasteiger partial charge on any atom is 0.326 e. The first-order valence-electron chi connectivity index (χ1n) is 6.56. The van der Waals surface area contributed by atoms with Crippen molar-refractivity contribution in [2.45, 2.75) is 26.3 Å². The normalized spacial score (nSPS) is 12.5. The summed E-state index contributed by atoms with van der Waals surface area (Å²) in [5.41, 5.74) is 6.75. The average Bonchev–Trinajstić information content (AvgIpc) is 2.76. The number of nitrogens with two attached hydrogens (primary N) is 1. The van der Waals surface area contributed by atoms with Gasteiger partial charge in [0.25, 0.3) is 5.91 Å². The van der Waals surface area contributed by atoms with Crippen LogP contribution in [0.1, 0.15) is 30.6 Å². The second-order valence-electron chi connectivity index (χ2n) is 5.23. The lowest BCUT2D eigenvalue weighted by Crippen LogP contribution is -2.41. The highest BCUT2D eigenvalue weighted by molar-refractivity contribution is 7.22. The number of carboxylic acids is 1. The molecule has 0 aliphatic rings. The highest BCUT2D eigenvalue weighted by Gasteiger charge is 2.22. The van der Waals surface area contributed by atoms with Gasteiger partial charge in [-0.3, -0.25) is 4.79 Å². The number of nitrogen functional groups attached to an aromatic ring is 1. The van der Waals surface area contributed by atoms with Crippen LogP contribution in [0.15, 0.2) is 18.2 Å². The molecular weight excluding hydrogens is 290 g/mol. The number of benzene rings is 1. The first-order valence-corrected chi connectivity index (χ1v) is 7.38. The fourth-order valence-electron chi connectivity index (χ4n) is 2.02. The van der Waals surface area contributed by atoms with E-state index in [1.165, 1.54) is 11.3 Å². The van der Waals surface area contributed by atoms with E-state index in [2.05, 4.69) is 10.3 Å². The Morgan fingerprint density at radius 3 is 2.76 bits per heavy atom. The molecule has 0 saturated heterocycles. The van der Waals surface area contributed by atoms with E-state index in [1.807, 2.05) is 13.8 Å². The topological polar surface area (TPSA) is 105 Å². The van der Waals surface area contributed by atoms with E-state index in [0.717, 1.165) is 10.2 Å². The molecule has 7 heteroatoms. The Hall–Kier alpha value is -2.15. The van der Waals surface area contributed by atoms with Crippen molar-refractivity contribution in [1.82, 2.24) is 10.3 Å². The summed E-state index contributed by atoms with van der Waals surface area (Å²) >= 11 is 1.29. The molecule has 2 rings (SSSR count). The van der Waals surface area contributed by atoms with E-state index in [9.17, 15) is 9.59 Å². The third-order valence-electron chi connectivity index (χ3n) is 2.98. The number of carbonyl (C=O) groups excluding carboxylic acids is 1. The molecule has 1 heterocycles. The zero-order valence-electron chi connectivity index (χ0n) is 11.8. The lowest BCUT2D eigenvalue weighted by atomic mass is 10.0. The number of fused-ring (bicyclic) bond motifs is 1. The van der Waals surface area contributed by atoms with Crippen molar-refractivity contribution in [2.75, 3.05) is 5.73 Å². The molecule has 0 aliphatic carbocycles. The minimum absolute atomic E-state index is 0.176. The summed E-state index contributed by atoms with van der Waals surface area (Å²) in [7, 11) is 0. The quantitative estimate of drug-likeness (QED) is 0.784. The first-order chi connectivity index (χ1) is 9.86. The molecule has 1 aromatic heterocycles. The van der Waals surface area contributed by atoms with Gasteiger partial charge in [-0.25, -0.2) is 9.78 Å². The highest BCUT2D eigenvalue weighted by Crippen LogP contribution is 2.24. The van der Waals surface area contributed by atoms with Crippen LogP contribution in [-0.2, 0) is 4.79 Å². The van der Waals surface area contributed by atoms with E-state index < -0.39 is 17.9 Å². The largest absolute Gasteiger partial charge is 0.480 e. The van der Waals surface area contributed by atoms with Crippen LogP contribution < -0.4 is 11.1 Å². The smallest absolute Gasteiger partial charge is 0.326 e. The lowest BCUT2D eigenvalue weighted by Gasteiger charge is -2.16. The Balaban J connectivity index is 2.18. The molecule has 0 saturated carbocycles. The fraction of sp³-hybridized carbons (Fsp3) is 0.357. The van der Waals surface area contributed by atoms with Crippen LogP contribution in [0.2, 0.25) is 0 Å². The van der Waals surface area contributed by atoms with Crippen LogP contribution in [0, 0.1) is 5.92 Å². The molecule has 2 aromatic rings. The number of amides is 1. The zero-order chi connectivity index (χ0) is 15.6. The molecule has 6 nitrogen and oxygen atoms in total. The van der Waals surface area contributed by atoms with Gasteiger partial charge in [-0.05, 0) is 30.5 Å². The van der Waals surface area contributed by atoms with E-state index in [1.54, 1.807) is 18.2 Å². The number of anilines is 1. The van der Waals surface area contributed by atoms with Gasteiger partial charge >= 0.3 is 5.97 Å². The Morgan fingerprint density at radius 1 is 1.43 bits per heavy atom. The minimum Gasteiger partial charge on any atom is -0.480 e. The number of carbonyl (C=O) groups is 2. The summed E-state index contributed by atoms with van der Waals surface area (Å²) in [6, 6.07) is 4.10. The molecule has 1 amide bonds. The molecule has 0 fully saturated rings. The van der Waals surface area contributed by atoms with Gasteiger partial charge in [-0.1, -0.05) is 25.2 Å². The number of carboxylic acid groups (broad SMARTS) is 1. The number of hydrogen-bond donors (Lipinski definition) is 3. The summed E-state index contributed by atoms with van der Waals surface area (Å²) in [6.07, 6.45) is 0.386. The van der Waals surface area contributed by atoms with Gasteiger partial charge in [0.2, 0.25) is 0 Å². The molecule has 0 bridgehead atoms. The summed E-state index contributed by atoms with van der Waals surface area (Å²) in [6.45, 7) is 3.82. The maximum absolute atomic E-state index is 12.2. The van der Waals surface area contributed by atoms with E-state index in [-0.39, 0.29) is 5.92 Å². The number of rotatable bonds is 5. The van der Waals surface area contributed by atoms with E-state index in [4.69, 9.17) is 10.8 Å². The molecule has 4 N–H and O–H groups in total. The second-order valence-corrected chi connectivity index (χ2v) is 6.29. The van der Waals surface area contributed by atoms with Crippen molar-refractivity contribution in [3.63, 3.8) is 0 Å². The highest BCUT2D eigenvalue weighted by atomic mass is 32.1. The molecule has 0 radical (unpaired) electrons. The van der Waals surface area contributed by atoms with Gasteiger partial charge in [0, 0.05) is 5.56 Å². The SMILES string of the molecule is CC(C)CC(NC(=O)c1ccc2nc(N)sc2c1)C(=O)O. The average molecular weight is 307 g/mol. The van der Waals surface area contributed by atoms with Gasteiger partial charge in [0.1, 0.15) is 6.04 Å². The van der Waals surface area contributed by atoms with Crippen molar-refractivity contribution in [2.24, 2.45) is 5.92 Å². The molecule has 21 heavy (non-hydrogen) atoms. The Morgan fingerprint density at radius 2 is 2.14 bits per heavy atom. The van der Waals surface area contributed by atoms with Crippen molar-refractivity contribution >= 4 is 38.6 Å². The number of aliphatic carboxylic acids is 1.